The Balaban J connectivity index is 1.49. The van der Waals surface area contributed by atoms with Crippen molar-refractivity contribution in [1.29, 1.82) is 0 Å². The third-order valence-electron chi connectivity index (χ3n) is 5.21. The first-order valence-electron chi connectivity index (χ1n) is 9.42. The van der Waals surface area contributed by atoms with Crippen LogP contribution in [0, 0.1) is 0 Å². The number of hydrogen-bond donors (Lipinski definition) is 1. The number of fused-ring (bicyclic) bond motifs is 1. The summed E-state index contributed by atoms with van der Waals surface area (Å²) in [5.74, 6) is 0.539. The Morgan fingerprint density at radius 1 is 1.11 bits per heavy atom. The van der Waals surface area contributed by atoms with E-state index in [1.165, 1.54) is 16.9 Å². The molecule has 0 saturated carbocycles. The lowest BCUT2D eigenvalue weighted by Gasteiger charge is -2.36. The molecule has 28 heavy (non-hydrogen) atoms. The highest BCUT2D eigenvalue weighted by Gasteiger charge is 2.25. The lowest BCUT2D eigenvalue weighted by Crippen LogP contribution is -2.49. The second-order valence-electron chi connectivity index (χ2n) is 7.35. The van der Waals surface area contributed by atoms with Gasteiger partial charge in [0.1, 0.15) is 5.52 Å². The summed E-state index contributed by atoms with van der Waals surface area (Å²) in [5.41, 5.74) is 9.63. The molecule has 0 spiro atoms. The molecule has 0 radical (unpaired) electrons. The molecule has 4 rings (SSSR count). The number of benzene rings is 2. The van der Waals surface area contributed by atoms with Crippen molar-refractivity contribution in [3.05, 3.63) is 52.5 Å². The van der Waals surface area contributed by atoms with E-state index in [2.05, 4.69) is 23.7 Å². The second kappa shape index (κ2) is 7.60. The fourth-order valence-electron chi connectivity index (χ4n) is 3.60. The molecule has 0 atom stereocenters. The summed E-state index contributed by atoms with van der Waals surface area (Å²) in [6, 6.07) is 11.8. The van der Waals surface area contributed by atoms with E-state index in [-0.39, 0.29) is 5.91 Å². The Labute approximate surface area is 173 Å². The SMILES string of the molecule is CC(C)c1ccc(C(=O)N2CCN(c3c(Cl)ccc4sc(N)nc34)CC2)cc1. The molecule has 1 aliphatic rings. The predicted octanol–water partition coefficient (Wildman–Crippen LogP) is 4.62. The van der Waals surface area contributed by atoms with Gasteiger partial charge in [-0.1, -0.05) is 48.9 Å². The zero-order valence-electron chi connectivity index (χ0n) is 16.0. The maximum Gasteiger partial charge on any atom is 0.253 e. The molecule has 0 bridgehead atoms. The van der Waals surface area contributed by atoms with Crippen LogP contribution in [0.1, 0.15) is 35.7 Å². The zero-order valence-corrected chi connectivity index (χ0v) is 17.6. The van der Waals surface area contributed by atoms with Crippen molar-refractivity contribution < 1.29 is 4.79 Å². The first-order chi connectivity index (χ1) is 13.4. The summed E-state index contributed by atoms with van der Waals surface area (Å²) in [6.07, 6.45) is 0. The van der Waals surface area contributed by atoms with Crippen molar-refractivity contribution in [2.75, 3.05) is 36.8 Å². The molecule has 2 heterocycles. The van der Waals surface area contributed by atoms with Crippen LogP contribution in [0.25, 0.3) is 10.2 Å². The summed E-state index contributed by atoms with van der Waals surface area (Å²) >= 11 is 7.94. The van der Waals surface area contributed by atoms with Gasteiger partial charge >= 0.3 is 0 Å². The fourth-order valence-corrected chi connectivity index (χ4v) is 4.61. The van der Waals surface area contributed by atoms with Gasteiger partial charge in [0.15, 0.2) is 5.13 Å². The third kappa shape index (κ3) is 3.54. The number of nitrogens with two attached hydrogens (primary N) is 1. The van der Waals surface area contributed by atoms with E-state index in [1.807, 2.05) is 41.3 Å². The summed E-state index contributed by atoms with van der Waals surface area (Å²) < 4.78 is 1.03. The van der Waals surface area contributed by atoms with Gasteiger partial charge in [-0.3, -0.25) is 4.79 Å². The number of nitrogens with zero attached hydrogens (tertiary/aromatic N) is 3. The minimum absolute atomic E-state index is 0.0807. The number of piperazine rings is 1. The maximum atomic E-state index is 12.9. The zero-order chi connectivity index (χ0) is 19.8. The molecule has 0 unspecified atom stereocenters. The van der Waals surface area contributed by atoms with Crippen molar-refractivity contribution in [1.82, 2.24) is 9.88 Å². The molecule has 7 heteroatoms. The normalized spacial score (nSPS) is 14.9. The minimum Gasteiger partial charge on any atom is -0.375 e. The molecule has 5 nitrogen and oxygen atoms in total. The van der Waals surface area contributed by atoms with Crippen LogP contribution in [0.4, 0.5) is 10.8 Å². The first kappa shape index (κ1) is 19.0. The molecular formula is C21H23ClN4OS. The van der Waals surface area contributed by atoms with Gasteiger partial charge in [-0.25, -0.2) is 4.98 Å². The Hall–Kier alpha value is -2.31. The van der Waals surface area contributed by atoms with E-state index >= 15 is 0 Å². The van der Waals surface area contributed by atoms with Crippen molar-refractivity contribution >= 4 is 49.9 Å². The number of nitrogen functional groups attached to an aromatic ring is 1. The van der Waals surface area contributed by atoms with E-state index < -0.39 is 0 Å². The lowest BCUT2D eigenvalue weighted by molar-refractivity contribution is 0.0747. The predicted molar refractivity (Wildman–Crippen MR) is 118 cm³/mol. The van der Waals surface area contributed by atoms with Gasteiger partial charge in [-0.2, -0.15) is 0 Å². The lowest BCUT2D eigenvalue weighted by atomic mass is 10.0. The van der Waals surface area contributed by atoms with Gasteiger partial charge in [-0.05, 0) is 35.7 Å². The highest BCUT2D eigenvalue weighted by atomic mass is 35.5. The summed E-state index contributed by atoms with van der Waals surface area (Å²) in [6.45, 7) is 7.03. The van der Waals surface area contributed by atoms with Gasteiger partial charge in [0.2, 0.25) is 0 Å². The van der Waals surface area contributed by atoms with Crippen LogP contribution in [-0.4, -0.2) is 42.0 Å². The highest BCUT2D eigenvalue weighted by molar-refractivity contribution is 7.22. The quantitative estimate of drug-likeness (QED) is 0.679. The van der Waals surface area contributed by atoms with Crippen molar-refractivity contribution in [3.8, 4) is 0 Å². The Morgan fingerprint density at radius 3 is 2.43 bits per heavy atom. The van der Waals surface area contributed by atoms with Crippen molar-refractivity contribution in [2.24, 2.45) is 0 Å². The number of aromatic nitrogens is 1. The number of amides is 1. The van der Waals surface area contributed by atoms with E-state index in [1.54, 1.807) is 0 Å². The number of hydrogen-bond acceptors (Lipinski definition) is 5. The molecule has 2 N–H and O–H groups in total. The summed E-state index contributed by atoms with van der Waals surface area (Å²) in [7, 11) is 0. The summed E-state index contributed by atoms with van der Waals surface area (Å²) in [5, 5.41) is 1.21. The van der Waals surface area contributed by atoms with E-state index in [4.69, 9.17) is 17.3 Å². The maximum absolute atomic E-state index is 12.9. The molecule has 146 valence electrons. The van der Waals surface area contributed by atoms with E-state index in [0.717, 1.165) is 21.5 Å². The number of anilines is 2. The smallest absolute Gasteiger partial charge is 0.253 e. The largest absolute Gasteiger partial charge is 0.375 e. The van der Waals surface area contributed by atoms with Crippen molar-refractivity contribution in [2.45, 2.75) is 19.8 Å². The topological polar surface area (TPSA) is 62.5 Å². The third-order valence-corrected chi connectivity index (χ3v) is 6.36. The Bertz CT molecular complexity index is 1010. The minimum atomic E-state index is 0.0807. The van der Waals surface area contributed by atoms with Gasteiger partial charge in [0.25, 0.3) is 5.91 Å². The molecule has 0 aliphatic carbocycles. The number of halogens is 1. The van der Waals surface area contributed by atoms with Crippen LogP contribution < -0.4 is 10.6 Å². The molecular weight excluding hydrogens is 392 g/mol. The van der Waals surface area contributed by atoms with Gasteiger partial charge < -0.3 is 15.5 Å². The highest BCUT2D eigenvalue weighted by Crippen LogP contribution is 2.37. The van der Waals surface area contributed by atoms with Crippen LogP contribution in [0.5, 0.6) is 0 Å². The van der Waals surface area contributed by atoms with E-state index in [9.17, 15) is 4.79 Å². The van der Waals surface area contributed by atoms with Gasteiger partial charge in [0, 0.05) is 31.7 Å². The monoisotopic (exact) mass is 414 g/mol. The van der Waals surface area contributed by atoms with Crippen LogP contribution in [0.15, 0.2) is 36.4 Å². The van der Waals surface area contributed by atoms with Crippen molar-refractivity contribution in [3.63, 3.8) is 0 Å². The molecule has 1 aromatic heterocycles. The standard InChI is InChI=1S/C21H23ClN4OS/c1-13(2)14-3-5-15(6-4-14)20(27)26-11-9-25(10-12-26)19-16(22)7-8-17-18(19)24-21(23)28-17/h3-8,13H,9-12H2,1-2H3,(H2,23,24). The molecule has 1 aliphatic heterocycles. The number of carbonyl (C=O) groups excluding carboxylic acids is 1. The van der Waals surface area contributed by atoms with Crippen LogP contribution in [0.2, 0.25) is 5.02 Å². The Morgan fingerprint density at radius 2 is 1.79 bits per heavy atom. The Kier molecular flexibility index (Phi) is 5.17. The van der Waals surface area contributed by atoms with Crippen LogP contribution in [0.3, 0.4) is 0 Å². The first-order valence-corrected chi connectivity index (χ1v) is 10.6. The average Bonchev–Trinajstić information content (AvgIpc) is 3.08. The molecule has 2 aromatic carbocycles. The van der Waals surface area contributed by atoms with Gasteiger partial charge in [-0.15, -0.1) is 0 Å². The second-order valence-corrected chi connectivity index (χ2v) is 8.82. The molecule has 3 aromatic rings. The van der Waals surface area contributed by atoms with Crippen LogP contribution >= 0.6 is 22.9 Å². The number of thiazole rings is 1. The summed E-state index contributed by atoms with van der Waals surface area (Å²) in [4.78, 5) is 21.4. The fraction of sp³-hybridized carbons (Fsp3) is 0.333. The molecule has 1 amide bonds. The van der Waals surface area contributed by atoms with Gasteiger partial charge in [0.05, 0.1) is 15.4 Å². The number of rotatable bonds is 3. The van der Waals surface area contributed by atoms with Crippen LogP contribution in [-0.2, 0) is 0 Å². The van der Waals surface area contributed by atoms with E-state index in [0.29, 0.717) is 42.3 Å². The molecule has 1 fully saturated rings. The molecule has 1 saturated heterocycles. The number of carbonyl (C=O) groups is 1. The average molecular weight is 415 g/mol.